The highest BCUT2D eigenvalue weighted by Gasteiger charge is 2.27. The van der Waals surface area contributed by atoms with Crippen molar-refractivity contribution < 1.29 is 14.3 Å². The SMILES string of the molecule is CC1Oc2c(cccc2C(=O)NCCN2CCc3ccccc32)CC1=O. The molecule has 5 heteroatoms. The second kappa shape index (κ2) is 6.83. The van der Waals surface area contributed by atoms with Gasteiger partial charge in [0.25, 0.3) is 5.91 Å². The summed E-state index contributed by atoms with van der Waals surface area (Å²) in [6, 6.07) is 13.8. The second-order valence-corrected chi connectivity index (χ2v) is 6.82. The van der Waals surface area contributed by atoms with E-state index in [0.29, 0.717) is 24.3 Å². The predicted molar refractivity (Wildman–Crippen MR) is 99.9 cm³/mol. The van der Waals surface area contributed by atoms with E-state index in [-0.39, 0.29) is 11.7 Å². The Kier molecular flexibility index (Phi) is 4.37. The van der Waals surface area contributed by atoms with E-state index in [1.165, 1.54) is 11.3 Å². The minimum Gasteiger partial charge on any atom is -0.482 e. The Labute approximate surface area is 153 Å². The van der Waals surface area contributed by atoms with Crippen molar-refractivity contribution in [3.8, 4) is 5.75 Å². The molecule has 2 aromatic carbocycles. The highest BCUT2D eigenvalue weighted by molar-refractivity contribution is 5.99. The maximum absolute atomic E-state index is 12.6. The molecule has 2 aliphatic rings. The van der Waals surface area contributed by atoms with Crippen molar-refractivity contribution in [3.05, 3.63) is 59.2 Å². The van der Waals surface area contributed by atoms with E-state index in [1.807, 2.05) is 12.1 Å². The number of benzene rings is 2. The quantitative estimate of drug-likeness (QED) is 0.920. The number of anilines is 1. The van der Waals surface area contributed by atoms with Crippen molar-refractivity contribution in [3.63, 3.8) is 0 Å². The molecule has 1 amide bonds. The van der Waals surface area contributed by atoms with E-state index >= 15 is 0 Å². The molecule has 0 aromatic heterocycles. The summed E-state index contributed by atoms with van der Waals surface area (Å²) >= 11 is 0. The molecule has 1 unspecified atom stereocenters. The highest BCUT2D eigenvalue weighted by atomic mass is 16.5. The van der Waals surface area contributed by atoms with Crippen LogP contribution < -0.4 is 15.0 Å². The number of ether oxygens (including phenoxy) is 1. The van der Waals surface area contributed by atoms with Crippen molar-refractivity contribution in [2.75, 3.05) is 24.5 Å². The van der Waals surface area contributed by atoms with Gasteiger partial charge in [0, 0.05) is 37.3 Å². The van der Waals surface area contributed by atoms with Gasteiger partial charge in [0.1, 0.15) is 5.75 Å². The standard InChI is InChI=1S/C21H22N2O3/c1-14-19(24)13-16-6-4-7-17(20(16)26-14)21(25)22-10-12-23-11-9-15-5-2-3-8-18(15)23/h2-8,14H,9-13H2,1H3,(H,22,25). The third-order valence-electron chi connectivity index (χ3n) is 5.10. The zero-order valence-electron chi connectivity index (χ0n) is 14.8. The fourth-order valence-electron chi connectivity index (χ4n) is 3.65. The van der Waals surface area contributed by atoms with E-state index in [2.05, 4.69) is 28.4 Å². The normalized spacial score (nSPS) is 18.1. The lowest BCUT2D eigenvalue weighted by atomic mass is 9.98. The van der Waals surface area contributed by atoms with Gasteiger partial charge in [-0.3, -0.25) is 9.59 Å². The number of hydrogen-bond acceptors (Lipinski definition) is 4. The van der Waals surface area contributed by atoms with Gasteiger partial charge >= 0.3 is 0 Å². The van der Waals surface area contributed by atoms with E-state index in [1.54, 1.807) is 19.1 Å². The summed E-state index contributed by atoms with van der Waals surface area (Å²) in [5.74, 6) is 0.433. The number of nitrogens with one attached hydrogen (secondary N) is 1. The molecule has 0 fully saturated rings. The summed E-state index contributed by atoms with van der Waals surface area (Å²) in [7, 11) is 0. The van der Waals surface area contributed by atoms with Gasteiger partial charge in [-0.05, 0) is 31.0 Å². The van der Waals surface area contributed by atoms with Gasteiger partial charge in [-0.2, -0.15) is 0 Å². The predicted octanol–water partition coefficient (Wildman–Crippen LogP) is 2.37. The van der Waals surface area contributed by atoms with Crippen molar-refractivity contribution in [1.29, 1.82) is 0 Å². The topological polar surface area (TPSA) is 58.6 Å². The number of para-hydroxylation sites is 2. The summed E-state index contributed by atoms with van der Waals surface area (Å²) in [5, 5.41) is 2.99. The molecule has 0 saturated carbocycles. The van der Waals surface area contributed by atoms with Crippen molar-refractivity contribution in [1.82, 2.24) is 5.32 Å². The number of rotatable bonds is 4. The highest BCUT2D eigenvalue weighted by Crippen LogP contribution is 2.30. The number of carbonyl (C=O) groups is 2. The first-order valence-corrected chi connectivity index (χ1v) is 9.06. The van der Waals surface area contributed by atoms with E-state index in [0.717, 1.165) is 25.1 Å². The zero-order chi connectivity index (χ0) is 18.1. The van der Waals surface area contributed by atoms with Crippen LogP contribution >= 0.6 is 0 Å². The lowest BCUT2D eigenvalue weighted by Gasteiger charge is -2.24. The van der Waals surface area contributed by atoms with Crippen LogP contribution in [0.4, 0.5) is 5.69 Å². The van der Waals surface area contributed by atoms with E-state index in [4.69, 9.17) is 4.74 Å². The van der Waals surface area contributed by atoms with Crippen LogP contribution in [-0.2, 0) is 17.6 Å². The number of amides is 1. The summed E-state index contributed by atoms with van der Waals surface area (Å²) < 4.78 is 5.70. The maximum Gasteiger partial charge on any atom is 0.255 e. The Morgan fingerprint density at radius 3 is 2.88 bits per heavy atom. The van der Waals surface area contributed by atoms with Crippen molar-refractivity contribution in [2.24, 2.45) is 0 Å². The lowest BCUT2D eigenvalue weighted by molar-refractivity contribution is -0.125. The van der Waals surface area contributed by atoms with E-state index < -0.39 is 6.10 Å². The van der Waals surface area contributed by atoms with Crippen LogP contribution in [0, 0.1) is 0 Å². The van der Waals surface area contributed by atoms with Gasteiger partial charge in [-0.1, -0.05) is 30.3 Å². The van der Waals surface area contributed by atoms with Gasteiger partial charge in [-0.25, -0.2) is 0 Å². The fourth-order valence-corrected chi connectivity index (χ4v) is 3.65. The fraction of sp³-hybridized carbons (Fsp3) is 0.333. The van der Waals surface area contributed by atoms with Gasteiger partial charge in [-0.15, -0.1) is 0 Å². The van der Waals surface area contributed by atoms with Gasteiger partial charge in [0.15, 0.2) is 11.9 Å². The van der Waals surface area contributed by atoms with Gasteiger partial charge in [0.2, 0.25) is 0 Å². The van der Waals surface area contributed by atoms with Crippen LogP contribution in [0.2, 0.25) is 0 Å². The third-order valence-corrected chi connectivity index (χ3v) is 5.10. The minimum atomic E-state index is -0.502. The molecule has 2 aromatic rings. The number of hydrogen-bond donors (Lipinski definition) is 1. The monoisotopic (exact) mass is 350 g/mol. The van der Waals surface area contributed by atoms with Crippen LogP contribution in [-0.4, -0.2) is 37.4 Å². The van der Waals surface area contributed by atoms with Crippen LogP contribution in [0.1, 0.15) is 28.4 Å². The largest absolute Gasteiger partial charge is 0.482 e. The number of carbonyl (C=O) groups excluding carboxylic acids is 2. The maximum atomic E-state index is 12.6. The molecular formula is C21H22N2O3. The Hall–Kier alpha value is -2.82. The first-order valence-electron chi connectivity index (χ1n) is 9.06. The molecule has 2 heterocycles. The Bertz CT molecular complexity index is 862. The number of Topliss-reactive ketones (excluding diaryl/α,β-unsaturated/α-hetero) is 1. The number of fused-ring (bicyclic) bond motifs is 2. The molecule has 1 N–H and O–H groups in total. The molecule has 0 bridgehead atoms. The molecule has 1 atom stereocenters. The first-order chi connectivity index (χ1) is 12.6. The smallest absolute Gasteiger partial charge is 0.255 e. The van der Waals surface area contributed by atoms with E-state index in [9.17, 15) is 9.59 Å². The minimum absolute atomic E-state index is 0.0442. The van der Waals surface area contributed by atoms with Gasteiger partial charge in [0.05, 0.1) is 5.56 Å². The summed E-state index contributed by atoms with van der Waals surface area (Å²) in [6.07, 6.45) is 0.871. The summed E-state index contributed by atoms with van der Waals surface area (Å²) in [4.78, 5) is 26.8. The van der Waals surface area contributed by atoms with Gasteiger partial charge < -0.3 is 15.0 Å². The van der Waals surface area contributed by atoms with Crippen molar-refractivity contribution >= 4 is 17.4 Å². The molecule has 0 radical (unpaired) electrons. The van der Waals surface area contributed by atoms with Crippen LogP contribution in [0.15, 0.2) is 42.5 Å². The average Bonchev–Trinajstić information content (AvgIpc) is 3.05. The molecule has 0 saturated heterocycles. The van der Waals surface area contributed by atoms with Crippen molar-refractivity contribution in [2.45, 2.75) is 25.9 Å². The lowest BCUT2D eigenvalue weighted by Crippen LogP contribution is -2.36. The first kappa shape index (κ1) is 16.6. The average molecular weight is 350 g/mol. The molecule has 26 heavy (non-hydrogen) atoms. The second-order valence-electron chi connectivity index (χ2n) is 6.82. The molecule has 0 aliphatic carbocycles. The molecular weight excluding hydrogens is 328 g/mol. The molecule has 2 aliphatic heterocycles. The summed E-state index contributed by atoms with van der Waals surface area (Å²) in [6.45, 7) is 4.04. The Balaban J connectivity index is 1.41. The Morgan fingerprint density at radius 1 is 1.19 bits per heavy atom. The third kappa shape index (κ3) is 3.05. The molecule has 0 spiro atoms. The molecule has 134 valence electrons. The summed E-state index contributed by atoms with van der Waals surface area (Å²) in [5.41, 5.74) is 3.91. The van der Waals surface area contributed by atoms with Crippen LogP contribution in [0.5, 0.6) is 5.75 Å². The molecule has 5 nitrogen and oxygen atoms in total. The van der Waals surface area contributed by atoms with Crippen LogP contribution in [0.3, 0.4) is 0 Å². The number of ketones is 1. The number of nitrogens with zero attached hydrogens (tertiary/aromatic N) is 1. The van der Waals surface area contributed by atoms with Crippen LogP contribution in [0.25, 0.3) is 0 Å². The molecule has 4 rings (SSSR count). The zero-order valence-corrected chi connectivity index (χ0v) is 14.8. The Morgan fingerprint density at radius 2 is 2.00 bits per heavy atom.